The van der Waals surface area contributed by atoms with Crippen molar-refractivity contribution in [2.75, 3.05) is 31.6 Å². The Kier molecular flexibility index (Phi) is 3.90. The molecule has 2 aliphatic heterocycles. The first-order valence-corrected chi connectivity index (χ1v) is 9.24. The normalized spacial score (nSPS) is 30.4. The molecule has 0 amide bonds. The number of rotatable bonds is 4. The molecule has 0 aromatic carbocycles. The Morgan fingerprint density at radius 3 is 3.05 bits per heavy atom. The van der Waals surface area contributed by atoms with Crippen molar-refractivity contribution in [3.8, 4) is 0 Å². The number of fused-ring (bicyclic) bond motifs is 1. The van der Waals surface area contributed by atoms with Gasteiger partial charge in [-0.05, 0) is 51.6 Å². The topological polar surface area (TPSA) is 31.4 Å². The zero-order valence-corrected chi connectivity index (χ0v) is 13.7. The Morgan fingerprint density at radius 2 is 2.19 bits per heavy atom. The zero-order valence-electron chi connectivity index (χ0n) is 12.9. The van der Waals surface area contributed by atoms with Crippen molar-refractivity contribution in [2.45, 2.75) is 50.7 Å². The van der Waals surface area contributed by atoms with Crippen molar-refractivity contribution in [1.82, 2.24) is 15.2 Å². The minimum absolute atomic E-state index is 0.782. The van der Waals surface area contributed by atoms with Crippen LogP contribution in [-0.2, 0) is 6.54 Å². The van der Waals surface area contributed by atoms with E-state index in [4.69, 9.17) is 0 Å². The smallest absolute Gasteiger partial charge is 0.185 e. The van der Waals surface area contributed by atoms with Crippen LogP contribution in [0.1, 0.15) is 37.0 Å². The highest BCUT2D eigenvalue weighted by Gasteiger charge is 2.34. The predicted molar refractivity (Wildman–Crippen MR) is 87.9 cm³/mol. The van der Waals surface area contributed by atoms with E-state index in [1.54, 1.807) is 0 Å². The minimum Gasteiger partial charge on any atom is -0.348 e. The molecule has 1 aliphatic carbocycles. The standard InChI is InChI=1S/C16H26N4S/c1-19-7-2-3-12-11-20(8-6-15(12)19)16-18-10-14(21-16)9-17-13-4-5-13/h10,12-13,15,17H,2-9,11H2,1H3. The number of nitrogens with one attached hydrogen (secondary N) is 1. The molecule has 1 aromatic heterocycles. The van der Waals surface area contributed by atoms with E-state index < -0.39 is 0 Å². The van der Waals surface area contributed by atoms with Crippen LogP contribution in [0.25, 0.3) is 0 Å². The van der Waals surface area contributed by atoms with E-state index in [0.29, 0.717) is 0 Å². The van der Waals surface area contributed by atoms with Crippen molar-refractivity contribution in [2.24, 2.45) is 5.92 Å². The maximum Gasteiger partial charge on any atom is 0.185 e. The van der Waals surface area contributed by atoms with Crippen LogP contribution in [0.4, 0.5) is 5.13 Å². The maximum absolute atomic E-state index is 4.69. The van der Waals surface area contributed by atoms with Crippen molar-refractivity contribution in [3.05, 3.63) is 11.1 Å². The Balaban J connectivity index is 1.37. The van der Waals surface area contributed by atoms with E-state index in [9.17, 15) is 0 Å². The summed E-state index contributed by atoms with van der Waals surface area (Å²) in [6, 6.07) is 1.59. The summed E-state index contributed by atoms with van der Waals surface area (Å²) in [5, 5.41) is 4.83. The molecular formula is C16H26N4S. The predicted octanol–water partition coefficient (Wildman–Crippen LogP) is 2.32. The van der Waals surface area contributed by atoms with Crippen LogP contribution in [0.3, 0.4) is 0 Å². The SMILES string of the molecule is CN1CCCC2CN(c3ncc(CNC4CC4)s3)CCC21. The van der Waals surface area contributed by atoms with Gasteiger partial charge in [0.25, 0.3) is 0 Å². The Hall–Kier alpha value is -0.650. The molecule has 3 fully saturated rings. The molecule has 2 saturated heterocycles. The second-order valence-corrected chi connectivity index (χ2v) is 8.04. The van der Waals surface area contributed by atoms with Gasteiger partial charge in [-0.15, -0.1) is 11.3 Å². The van der Waals surface area contributed by atoms with Gasteiger partial charge in [-0.3, -0.25) is 0 Å². The molecule has 0 radical (unpaired) electrons. The third-order valence-corrected chi connectivity index (χ3v) is 6.36. The highest BCUT2D eigenvalue weighted by molar-refractivity contribution is 7.15. The van der Waals surface area contributed by atoms with Crippen molar-refractivity contribution < 1.29 is 0 Å². The fraction of sp³-hybridized carbons (Fsp3) is 0.812. The first-order chi connectivity index (χ1) is 10.3. The van der Waals surface area contributed by atoms with E-state index in [1.807, 2.05) is 11.3 Å². The maximum atomic E-state index is 4.69. The summed E-state index contributed by atoms with van der Waals surface area (Å²) in [7, 11) is 2.30. The van der Waals surface area contributed by atoms with E-state index in [-0.39, 0.29) is 0 Å². The first-order valence-electron chi connectivity index (χ1n) is 8.43. The number of hydrogen-bond donors (Lipinski definition) is 1. The van der Waals surface area contributed by atoms with Gasteiger partial charge in [0.1, 0.15) is 0 Å². The minimum atomic E-state index is 0.782. The monoisotopic (exact) mass is 306 g/mol. The Bertz CT molecular complexity index is 484. The number of nitrogens with zero attached hydrogens (tertiary/aromatic N) is 3. The van der Waals surface area contributed by atoms with Crippen LogP contribution in [0.2, 0.25) is 0 Å². The van der Waals surface area contributed by atoms with Crippen LogP contribution in [-0.4, -0.2) is 48.6 Å². The molecule has 4 nitrogen and oxygen atoms in total. The van der Waals surface area contributed by atoms with E-state index in [1.165, 1.54) is 61.7 Å². The molecule has 1 N–H and O–H groups in total. The Morgan fingerprint density at radius 1 is 1.29 bits per heavy atom. The number of likely N-dealkylation sites (tertiary alicyclic amines) is 1. The molecular weight excluding hydrogens is 280 g/mol. The third-order valence-electron chi connectivity index (χ3n) is 5.30. The van der Waals surface area contributed by atoms with Crippen molar-refractivity contribution in [3.63, 3.8) is 0 Å². The summed E-state index contributed by atoms with van der Waals surface area (Å²) in [5.41, 5.74) is 0. The van der Waals surface area contributed by atoms with Gasteiger partial charge in [-0.25, -0.2) is 4.98 Å². The van der Waals surface area contributed by atoms with Crippen molar-refractivity contribution in [1.29, 1.82) is 0 Å². The molecule has 0 spiro atoms. The van der Waals surface area contributed by atoms with E-state index >= 15 is 0 Å². The second kappa shape index (κ2) is 5.86. The first kappa shape index (κ1) is 14.0. The van der Waals surface area contributed by atoms with E-state index in [0.717, 1.165) is 24.5 Å². The van der Waals surface area contributed by atoms with Crippen LogP contribution in [0.15, 0.2) is 6.20 Å². The molecule has 2 unspecified atom stereocenters. The van der Waals surface area contributed by atoms with Crippen LogP contribution >= 0.6 is 11.3 Å². The number of thiazole rings is 1. The number of piperidine rings is 2. The molecule has 116 valence electrons. The zero-order chi connectivity index (χ0) is 14.2. The second-order valence-electron chi connectivity index (χ2n) is 6.95. The molecule has 3 aliphatic rings. The molecule has 4 rings (SSSR count). The highest BCUT2D eigenvalue weighted by Crippen LogP contribution is 2.33. The van der Waals surface area contributed by atoms with Gasteiger partial charge in [-0.2, -0.15) is 0 Å². The lowest BCUT2D eigenvalue weighted by Gasteiger charge is -2.45. The summed E-state index contributed by atoms with van der Waals surface area (Å²) < 4.78 is 0. The van der Waals surface area contributed by atoms with Gasteiger partial charge >= 0.3 is 0 Å². The lowest BCUT2D eigenvalue weighted by Crippen LogP contribution is -2.52. The lowest BCUT2D eigenvalue weighted by atomic mass is 9.84. The fourth-order valence-electron chi connectivity index (χ4n) is 3.88. The lowest BCUT2D eigenvalue weighted by molar-refractivity contribution is 0.102. The summed E-state index contributed by atoms with van der Waals surface area (Å²) in [6.07, 6.45) is 8.85. The van der Waals surface area contributed by atoms with Crippen LogP contribution in [0, 0.1) is 5.92 Å². The van der Waals surface area contributed by atoms with Gasteiger partial charge in [-0.1, -0.05) is 0 Å². The molecule has 3 heterocycles. The number of hydrogen-bond acceptors (Lipinski definition) is 5. The number of anilines is 1. The molecule has 5 heteroatoms. The molecule has 2 atom stereocenters. The average Bonchev–Trinajstić information content (AvgIpc) is 3.21. The molecule has 0 bridgehead atoms. The quantitative estimate of drug-likeness (QED) is 0.925. The van der Waals surface area contributed by atoms with Crippen molar-refractivity contribution >= 4 is 16.5 Å². The fourth-order valence-corrected chi connectivity index (χ4v) is 4.78. The average molecular weight is 306 g/mol. The summed E-state index contributed by atoms with van der Waals surface area (Å²) in [4.78, 5) is 11.2. The third kappa shape index (κ3) is 3.10. The number of aromatic nitrogens is 1. The highest BCUT2D eigenvalue weighted by atomic mass is 32.1. The van der Waals surface area contributed by atoms with Gasteiger partial charge in [0.15, 0.2) is 5.13 Å². The molecule has 1 aromatic rings. The van der Waals surface area contributed by atoms with Gasteiger partial charge < -0.3 is 15.1 Å². The largest absolute Gasteiger partial charge is 0.348 e. The Labute approximate surface area is 131 Å². The van der Waals surface area contributed by atoms with Gasteiger partial charge in [0.2, 0.25) is 0 Å². The molecule has 21 heavy (non-hydrogen) atoms. The summed E-state index contributed by atoms with van der Waals surface area (Å²) >= 11 is 1.89. The van der Waals surface area contributed by atoms with E-state index in [2.05, 4.69) is 33.3 Å². The van der Waals surface area contributed by atoms with Gasteiger partial charge in [0, 0.05) is 42.8 Å². The molecule has 1 saturated carbocycles. The summed E-state index contributed by atoms with van der Waals surface area (Å²) in [5.74, 6) is 0.842. The van der Waals surface area contributed by atoms with Gasteiger partial charge in [0.05, 0.1) is 0 Å². The summed E-state index contributed by atoms with van der Waals surface area (Å²) in [6.45, 7) is 4.67. The van der Waals surface area contributed by atoms with Crippen LogP contribution < -0.4 is 10.2 Å². The van der Waals surface area contributed by atoms with Crippen LogP contribution in [0.5, 0.6) is 0 Å².